The molecular formula is C15H19FN2O3. The lowest BCUT2D eigenvalue weighted by atomic mass is 10.2. The highest BCUT2D eigenvalue weighted by Gasteiger charge is 2.38. The van der Waals surface area contributed by atoms with E-state index in [9.17, 15) is 14.0 Å². The Bertz CT molecular complexity index is 535. The van der Waals surface area contributed by atoms with Crippen LogP contribution in [0.3, 0.4) is 0 Å². The molecule has 5 nitrogen and oxygen atoms in total. The lowest BCUT2D eigenvalue weighted by Gasteiger charge is -2.22. The maximum Gasteiger partial charge on any atom is 0.324 e. The van der Waals surface area contributed by atoms with Crippen LogP contribution in [0.15, 0.2) is 24.3 Å². The molecule has 1 aliphatic heterocycles. The van der Waals surface area contributed by atoms with Crippen molar-refractivity contribution >= 4 is 11.9 Å². The predicted octanol–water partition coefficient (Wildman–Crippen LogP) is 2.31. The van der Waals surface area contributed by atoms with Gasteiger partial charge >= 0.3 is 6.03 Å². The van der Waals surface area contributed by atoms with Gasteiger partial charge in [0.1, 0.15) is 12.1 Å². The Labute approximate surface area is 123 Å². The summed E-state index contributed by atoms with van der Waals surface area (Å²) < 4.78 is 19.2. The SMILES string of the molecule is CCC(CN1C(=O)N[C@@H](CC)C1=O)Oc1ccccc1F. The first kappa shape index (κ1) is 15.3. The van der Waals surface area contributed by atoms with Gasteiger partial charge in [-0.25, -0.2) is 9.18 Å². The fraction of sp³-hybridized carbons (Fsp3) is 0.467. The highest BCUT2D eigenvalue weighted by molar-refractivity contribution is 6.04. The zero-order chi connectivity index (χ0) is 15.4. The van der Waals surface area contributed by atoms with E-state index < -0.39 is 24.0 Å². The van der Waals surface area contributed by atoms with Crippen LogP contribution in [0.2, 0.25) is 0 Å². The highest BCUT2D eigenvalue weighted by Crippen LogP contribution is 2.19. The van der Waals surface area contributed by atoms with E-state index in [1.807, 2.05) is 13.8 Å². The lowest BCUT2D eigenvalue weighted by Crippen LogP contribution is -2.40. The molecule has 0 aromatic heterocycles. The summed E-state index contributed by atoms with van der Waals surface area (Å²) in [6.07, 6.45) is 0.668. The van der Waals surface area contributed by atoms with E-state index in [2.05, 4.69) is 5.32 Å². The van der Waals surface area contributed by atoms with Crippen LogP contribution < -0.4 is 10.1 Å². The summed E-state index contributed by atoms with van der Waals surface area (Å²) in [5, 5.41) is 2.62. The van der Waals surface area contributed by atoms with Gasteiger partial charge in [0, 0.05) is 0 Å². The number of hydrogen-bond acceptors (Lipinski definition) is 3. The van der Waals surface area contributed by atoms with Crippen LogP contribution in [-0.4, -0.2) is 35.5 Å². The summed E-state index contributed by atoms with van der Waals surface area (Å²) in [5.74, 6) is -0.582. The minimum absolute atomic E-state index is 0.117. The van der Waals surface area contributed by atoms with Crippen molar-refractivity contribution in [3.05, 3.63) is 30.1 Å². The molecule has 0 bridgehead atoms. The Morgan fingerprint density at radius 1 is 1.33 bits per heavy atom. The Hall–Kier alpha value is -2.11. The van der Waals surface area contributed by atoms with E-state index in [1.54, 1.807) is 12.1 Å². The largest absolute Gasteiger partial charge is 0.486 e. The van der Waals surface area contributed by atoms with Gasteiger partial charge in [-0.15, -0.1) is 0 Å². The fourth-order valence-corrected chi connectivity index (χ4v) is 2.20. The van der Waals surface area contributed by atoms with Crippen LogP contribution in [0.4, 0.5) is 9.18 Å². The molecule has 1 heterocycles. The molecule has 2 rings (SSSR count). The first-order valence-electron chi connectivity index (χ1n) is 7.09. The number of halogens is 1. The minimum atomic E-state index is -0.469. The molecule has 0 aliphatic carbocycles. The summed E-state index contributed by atoms with van der Waals surface area (Å²) in [6, 6.07) is 5.20. The second kappa shape index (κ2) is 6.56. The van der Waals surface area contributed by atoms with E-state index in [-0.39, 0.29) is 18.2 Å². The number of ether oxygens (including phenoxy) is 1. The second-order valence-electron chi connectivity index (χ2n) is 4.94. The fourth-order valence-electron chi connectivity index (χ4n) is 2.20. The number of rotatable bonds is 6. The molecule has 1 unspecified atom stereocenters. The molecule has 21 heavy (non-hydrogen) atoms. The van der Waals surface area contributed by atoms with E-state index in [1.165, 1.54) is 12.1 Å². The number of imide groups is 1. The van der Waals surface area contributed by atoms with E-state index in [0.29, 0.717) is 12.8 Å². The number of hydrogen-bond donors (Lipinski definition) is 1. The van der Waals surface area contributed by atoms with Gasteiger partial charge in [-0.2, -0.15) is 0 Å². The smallest absolute Gasteiger partial charge is 0.324 e. The van der Waals surface area contributed by atoms with Gasteiger partial charge in [0.2, 0.25) is 0 Å². The first-order chi connectivity index (χ1) is 10.1. The second-order valence-corrected chi connectivity index (χ2v) is 4.94. The van der Waals surface area contributed by atoms with Gasteiger partial charge in [-0.05, 0) is 25.0 Å². The van der Waals surface area contributed by atoms with Crippen LogP contribution in [0.25, 0.3) is 0 Å². The number of amides is 3. The average Bonchev–Trinajstić information content (AvgIpc) is 2.75. The molecule has 3 amide bonds. The zero-order valence-corrected chi connectivity index (χ0v) is 12.1. The summed E-state index contributed by atoms with van der Waals surface area (Å²) >= 11 is 0. The summed E-state index contributed by atoms with van der Waals surface area (Å²) in [7, 11) is 0. The average molecular weight is 294 g/mol. The Balaban J connectivity index is 2.04. The third-order valence-electron chi connectivity index (χ3n) is 3.49. The predicted molar refractivity (Wildman–Crippen MR) is 75.4 cm³/mol. The van der Waals surface area contributed by atoms with E-state index in [4.69, 9.17) is 4.74 Å². The van der Waals surface area contributed by atoms with Crippen molar-refractivity contribution in [3.8, 4) is 5.75 Å². The summed E-state index contributed by atoms with van der Waals surface area (Å²) in [4.78, 5) is 25.0. The van der Waals surface area contributed by atoms with Crippen molar-refractivity contribution in [1.82, 2.24) is 10.2 Å². The number of carbonyl (C=O) groups is 2. The molecule has 1 saturated heterocycles. The number of para-hydroxylation sites is 1. The van der Waals surface area contributed by atoms with Gasteiger partial charge in [0.05, 0.1) is 6.54 Å². The molecule has 1 N–H and O–H groups in total. The molecule has 6 heteroatoms. The van der Waals surface area contributed by atoms with Gasteiger partial charge in [-0.3, -0.25) is 9.69 Å². The highest BCUT2D eigenvalue weighted by atomic mass is 19.1. The lowest BCUT2D eigenvalue weighted by molar-refractivity contribution is -0.128. The minimum Gasteiger partial charge on any atom is -0.486 e. The Morgan fingerprint density at radius 2 is 2.05 bits per heavy atom. The van der Waals surface area contributed by atoms with Gasteiger partial charge in [0.25, 0.3) is 5.91 Å². The maximum atomic E-state index is 13.6. The van der Waals surface area contributed by atoms with Crippen molar-refractivity contribution in [3.63, 3.8) is 0 Å². The van der Waals surface area contributed by atoms with Crippen molar-refractivity contribution in [1.29, 1.82) is 0 Å². The van der Waals surface area contributed by atoms with Crippen molar-refractivity contribution in [2.75, 3.05) is 6.54 Å². The molecule has 0 spiro atoms. The molecule has 1 fully saturated rings. The summed E-state index contributed by atoms with van der Waals surface area (Å²) in [6.45, 7) is 3.81. The number of urea groups is 1. The quantitative estimate of drug-likeness (QED) is 0.819. The Morgan fingerprint density at radius 3 is 2.62 bits per heavy atom. The molecule has 114 valence electrons. The molecule has 1 aliphatic rings. The molecule has 1 aromatic carbocycles. The molecular weight excluding hydrogens is 275 g/mol. The number of nitrogens with zero attached hydrogens (tertiary/aromatic N) is 1. The van der Waals surface area contributed by atoms with Crippen molar-refractivity contribution in [2.45, 2.75) is 38.8 Å². The van der Waals surface area contributed by atoms with Gasteiger partial charge in [0.15, 0.2) is 11.6 Å². The van der Waals surface area contributed by atoms with Gasteiger partial charge < -0.3 is 10.1 Å². The van der Waals surface area contributed by atoms with Gasteiger partial charge in [-0.1, -0.05) is 26.0 Å². The topological polar surface area (TPSA) is 58.6 Å². The number of nitrogens with one attached hydrogen (secondary N) is 1. The number of benzene rings is 1. The third kappa shape index (κ3) is 3.32. The molecule has 2 atom stereocenters. The van der Waals surface area contributed by atoms with E-state index in [0.717, 1.165) is 4.90 Å². The third-order valence-corrected chi connectivity index (χ3v) is 3.49. The zero-order valence-electron chi connectivity index (χ0n) is 12.1. The van der Waals surface area contributed by atoms with Crippen molar-refractivity contribution < 1.29 is 18.7 Å². The molecule has 0 radical (unpaired) electrons. The maximum absolute atomic E-state index is 13.6. The summed E-state index contributed by atoms with van der Waals surface area (Å²) in [5.41, 5.74) is 0. The van der Waals surface area contributed by atoms with Crippen LogP contribution in [-0.2, 0) is 4.79 Å². The van der Waals surface area contributed by atoms with Crippen LogP contribution in [0.1, 0.15) is 26.7 Å². The van der Waals surface area contributed by atoms with Crippen LogP contribution in [0, 0.1) is 5.82 Å². The van der Waals surface area contributed by atoms with E-state index >= 15 is 0 Å². The standard InChI is InChI=1S/C15H19FN2O3/c1-3-10(21-13-8-6-5-7-11(13)16)9-18-14(19)12(4-2)17-15(18)20/h5-8,10,12H,3-4,9H2,1-2H3,(H,17,20)/t10?,12-/m0/s1. The molecule has 1 aromatic rings. The van der Waals surface area contributed by atoms with Crippen molar-refractivity contribution in [2.24, 2.45) is 0 Å². The number of carbonyl (C=O) groups excluding carboxylic acids is 2. The first-order valence-corrected chi connectivity index (χ1v) is 7.09. The van der Waals surface area contributed by atoms with Crippen LogP contribution in [0.5, 0.6) is 5.75 Å². The Kier molecular flexibility index (Phi) is 4.77. The normalized spacial score (nSPS) is 19.6. The van der Waals surface area contributed by atoms with Crippen LogP contribution >= 0.6 is 0 Å². The monoisotopic (exact) mass is 294 g/mol. The molecule has 0 saturated carbocycles.